The molecular formula is C15H24N2O3S. The molecule has 0 aliphatic carbocycles. The first-order valence-electron chi connectivity index (χ1n) is 7.42. The third-order valence-corrected chi connectivity index (χ3v) is 4.96. The molecule has 1 aromatic rings. The second kappa shape index (κ2) is 6.87. The van der Waals surface area contributed by atoms with E-state index in [0.29, 0.717) is 6.04 Å². The molecule has 1 aliphatic heterocycles. The molecule has 1 fully saturated rings. The molecule has 0 amide bonds. The van der Waals surface area contributed by atoms with Gasteiger partial charge >= 0.3 is 0 Å². The normalized spacial score (nSPS) is 22.1. The van der Waals surface area contributed by atoms with Crippen LogP contribution in [0.25, 0.3) is 0 Å². The number of nitrogens with one attached hydrogen (secondary N) is 1. The predicted molar refractivity (Wildman–Crippen MR) is 82.4 cm³/mol. The van der Waals surface area contributed by atoms with Crippen LogP contribution in [-0.2, 0) is 14.8 Å². The van der Waals surface area contributed by atoms with E-state index in [2.05, 4.69) is 19.2 Å². The SMILES string of the molecule is CCC(NC(C)c1ccc(S(N)(=O)=O)cc1)C1CCCO1. The van der Waals surface area contributed by atoms with Gasteiger partial charge < -0.3 is 10.1 Å². The summed E-state index contributed by atoms with van der Waals surface area (Å²) in [6.07, 6.45) is 3.51. The number of nitrogens with two attached hydrogens (primary N) is 1. The minimum Gasteiger partial charge on any atom is -0.377 e. The zero-order valence-electron chi connectivity index (χ0n) is 12.6. The van der Waals surface area contributed by atoms with Crippen molar-refractivity contribution in [1.82, 2.24) is 5.32 Å². The van der Waals surface area contributed by atoms with Crippen LogP contribution in [0.3, 0.4) is 0 Å². The monoisotopic (exact) mass is 312 g/mol. The molecule has 21 heavy (non-hydrogen) atoms. The van der Waals surface area contributed by atoms with Crippen molar-refractivity contribution < 1.29 is 13.2 Å². The first kappa shape index (κ1) is 16.4. The predicted octanol–water partition coefficient (Wildman–Crippen LogP) is 1.94. The van der Waals surface area contributed by atoms with E-state index < -0.39 is 10.0 Å². The van der Waals surface area contributed by atoms with Crippen molar-refractivity contribution in [1.29, 1.82) is 0 Å². The smallest absolute Gasteiger partial charge is 0.238 e. The molecule has 0 saturated carbocycles. The first-order chi connectivity index (χ1) is 9.91. The Labute approximate surface area is 126 Å². The summed E-state index contributed by atoms with van der Waals surface area (Å²) in [6, 6.07) is 7.17. The number of hydrogen-bond acceptors (Lipinski definition) is 4. The highest BCUT2D eigenvalue weighted by Gasteiger charge is 2.25. The van der Waals surface area contributed by atoms with Gasteiger partial charge in [0.15, 0.2) is 0 Å². The van der Waals surface area contributed by atoms with Gasteiger partial charge in [0, 0.05) is 18.7 Å². The van der Waals surface area contributed by atoms with Gasteiger partial charge in [0.1, 0.15) is 0 Å². The van der Waals surface area contributed by atoms with Gasteiger partial charge in [0.25, 0.3) is 0 Å². The Balaban J connectivity index is 2.03. The largest absolute Gasteiger partial charge is 0.377 e. The molecule has 0 spiro atoms. The van der Waals surface area contributed by atoms with Crippen LogP contribution in [-0.4, -0.2) is 27.2 Å². The highest BCUT2D eigenvalue weighted by Crippen LogP contribution is 2.22. The number of sulfonamides is 1. The summed E-state index contributed by atoms with van der Waals surface area (Å²) in [5.74, 6) is 0. The van der Waals surface area contributed by atoms with Gasteiger partial charge in [-0.2, -0.15) is 0 Å². The van der Waals surface area contributed by atoms with Crippen molar-refractivity contribution >= 4 is 10.0 Å². The number of rotatable bonds is 6. The van der Waals surface area contributed by atoms with Gasteiger partial charge in [0.2, 0.25) is 10.0 Å². The van der Waals surface area contributed by atoms with Crippen LogP contribution < -0.4 is 10.5 Å². The van der Waals surface area contributed by atoms with Crippen LogP contribution in [0.5, 0.6) is 0 Å². The molecule has 3 unspecified atom stereocenters. The maximum atomic E-state index is 11.3. The minimum absolute atomic E-state index is 0.133. The lowest BCUT2D eigenvalue weighted by molar-refractivity contribution is 0.0735. The van der Waals surface area contributed by atoms with Crippen molar-refractivity contribution in [3.63, 3.8) is 0 Å². The second-order valence-corrected chi connectivity index (χ2v) is 7.13. The number of benzene rings is 1. The topological polar surface area (TPSA) is 81.4 Å². The van der Waals surface area contributed by atoms with E-state index in [1.165, 1.54) is 0 Å². The van der Waals surface area contributed by atoms with Crippen molar-refractivity contribution in [2.75, 3.05) is 6.61 Å². The maximum Gasteiger partial charge on any atom is 0.238 e. The number of primary sulfonamides is 1. The standard InChI is InChI=1S/C15H24N2O3S/c1-3-14(15-5-4-10-20-15)17-11(2)12-6-8-13(9-7-12)21(16,18)19/h6-9,11,14-15,17H,3-5,10H2,1-2H3,(H2,16,18,19). The summed E-state index contributed by atoms with van der Waals surface area (Å²) < 4.78 is 28.3. The average Bonchev–Trinajstić information content (AvgIpc) is 2.97. The van der Waals surface area contributed by atoms with E-state index in [0.717, 1.165) is 31.4 Å². The van der Waals surface area contributed by atoms with Gasteiger partial charge in [-0.1, -0.05) is 19.1 Å². The lowest BCUT2D eigenvalue weighted by atomic mass is 10.0. The summed E-state index contributed by atoms with van der Waals surface area (Å²) in [5.41, 5.74) is 1.04. The molecule has 0 aromatic heterocycles. The summed E-state index contributed by atoms with van der Waals surface area (Å²) >= 11 is 0. The highest BCUT2D eigenvalue weighted by atomic mass is 32.2. The van der Waals surface area contributed by atoms with Gasteiger partial charge in [-0.05, 0) is 43.9 Å². The van der Waals surface area contributed by atoms with E-state index in [4.69, 9.17) is 9.88 Å². The fraction of sp³-hybridized carbons (Fsp3) is 0.600. The van der Waals surface area contributed by atoms with Crippen molar-refractivity contribution in [2.24, 2.45) is 5.14 Å². The fourth-order valence-electron chi connectivity index (χ4n) is 2.77. The molecule has 2 rings (SSSR count). The fourth-order valence-corrected chi connectivity index (χ4v) is 3.29. The van der Waals surface area contributed by atoms with Crippen molar-refractivity contribution in [2.45, 2.75) is 56.2 Å². The van der Waals surface area contributed by atoms with Crippen LogP contribution in [0.1, 0.15) is 44.7 Å². The molecule has 3 N–H and O–H groups in total. The Bertz CT molecular complexity index is 551. The molecule has 1 aromatic carbocycles. The summed E-state index contributed by atoms with van der Waals surface area (Å²) in [5, 5.41) is 8.69. The van der Waals surface area contributed by atoms with E-state index >= 15 is 0 Å². The minimum atomic E-state index is -3.63. The number of ether oxygens (including phenoxy) is 1. The second-order valence-electron chi connectivity index (χ2n) is 5.57. The number of hydrogen-bond donors (Lipinski definition) is 2. The van der Waals surface area contributed by atoms with Crippen LogP contribution in [0.4, 0.5) is 0 Å². The third-order valence-electron chi connectivity index (χ3n) is 4.03. The summed E-state index contributed by atoms with van der Waals surface area (Å²) in [4.78, 5) is 0.143. The Hall–Kier alpha value is -0.950. The van der Waals surface area contributed by atoms with Gasteiger partial charge in [-0.15, -0.1) is 0 Å². The van der Waals surface area contributed by atoms with E-state index in [-0.39, 0.29) is 17.0 Å². The van der Waals surface area contributed by atoms with Crippen molar-refractivity contribution in [3.05, 3.63) is 29.8 Å². The van der Waals surface area contributed by atoms with E-state index in [9.17, 15) is 8.42 Å². The molecule has 0 radical (unpaired) electrons. The van der Waals surface area contributed by atoms with Gasteiger partial charge in [0.05, 0.1) is 11.0 Å². The molecule has 0 bridgehead atoms. The first-order valence-corrected chi connectivity index (χ1v) is 8.97. The quantitative estimate of drug-likeness (QED) is 0.841. The Morgan fingerprint density at radius 2 is 2.05 bits per heavy atom. The maximum absolute atomic E-state index is 11.3. The molecule has 1 heterocycles. The average molecular weight is 312 g/mol. The lowest BCUT2D eigenvalue weighted by Crippen LogP contribution is -2.40. The Morgan fingerprint density at radius 3 is 2.52 bits per heavy atom. The third kappa shape index (κ3) is 4.26. The molecule has 6 heteroatoms. The van der Waals surface area contributed by atoms with Crippen LogP contribution in [0.2, 0.25) is 0 Å². The van der Waals surface area contributed by atoms with Gasteiger partial charge in [-0.25, -0.2) is 13.6 Å². The molecule has 5 nitrogen and oxygen atoms in total. The van der Waals surface area contributed by atoms with E-state index in [1.807, 2.05) is 0 Å². The van der Waals surface area contributed by atoms with Crippen molar-refractivity contribution in [3.8, 4) is 0 Å². The lowest BCUT2D eigenvalue weighted by Gasteiger charge is -2.27. The molecular weight excluding hydrogens is 288 g/mol. The molecule has 3 atom stereocenters. The summed E-state index contributed by atoms with van der Waals surface area (Å²) in [6.45, 7) is 5.07. The zero-order valence-corrected chi connectivity index (χ0v) is 13.4. The Kier molecular flexibility index (Phi) is 5.37. The van der Waals surface area contributed by atoms with E-state index in [1.54, 1.807) is 24.3 Å². The summed E-state index contributed by atoms with van der Waals surface area (Å²) in [7, 11) is -3.63. The van der Waals surface area contributed by atoms with Crippen LogP contribution >= 0.6 is 0 Å². The highest BCUT2D eigenvalue weighted by molar-refractivity contribution is 7.89. The zero-order chi connectivity index (χ0) is 15.5. The molecule has 118 valence electrons. The molecule has 1 aliphatic rings. The Morgan fingerprint density at radius 1 is 1.38 bits per heavy atom. The molecule has 1 saturated heterocycles. The van der Waals surface area contributed by atoms with Crippen LogP contribution in [0, 0.1) is 0 Å². The van der Waals surface area contributed by atoms with Gasteiger partial charge in [-0.3, -0.25) is 0 Å². The van der Waals surface area contributed by atoms with Crippen LogP contribution in [0.15, 0.2) is 29.2 Å².